The Morgan fingerprint density at radius 3 is 2.59 bits per heavy atom. The summed E-state index contributed by atoms with van der Waals surface area (Å²) in [7, 11) is -1.40. The molecule has 2 heterocycles. The van der Waals surface area contributed by atoms with E-state index in [1.54, 1.807) is 0 Å². The summed E-state index contributed by atoms with van der Waals surface area (Å²) in [4.78, 5) is 0. The average molecular weight is 301 g/mol. The summed E-state index contributed by atoms with van der Waals surface area (Å²) in [6.45, 7) is 0.460. The molecule has 8 heteroatoms. The molecule has 1 aliphatic carbocycles. The molecule has 3 aliphatic rings. The van der Waals surface area contributed by atoms with Crippen LogP contribution in [0.1, 0.15) is 12.8 Å². The molecule has 0 aromatic heterocycles. The second-order valence-corrected chi connectivity index (χ2v) is 10.3. The molecular formula is C9H13ClO5S2. The summed E-state index contributed by atoms with van der Waals surface area (Å²) >= 11 is 0. The van der Waals surface area contributed by atoms with Crippen molar-refractivity contribution in [2.75, 3.05) is 23.9 Å². The Bertz CT molecular complexity index is 568. The molecule has 2 saturated heterocycles. The van der Waals surface area contributed by atoms with Crippen LogP contribution in [0.2, 0.25) is 0 Å². The molecule has 0 amide bonds. The van der Waals surface area contributed by atoms with Gasteiger partial charge in [0.15, 0.2) is 9.84 Å². The van der Waals surface area contributed by atoms with Gasteiger partial charge >= 0.3 is 0 Å². The van der Waals surface area contributed by atoms with E-state index < -0.39 is 29.9 Å². The molecule has 3 rings (SSSR count). The maximum Gasteiger partial charge on any atom is 0.233 e. The van der Waals surface area contributed by atoms with Crippen molar-refractivity contribution >= 4 is 29.6 Å². The topological polar surface area (TPSA) is 77.5 Å². The van der Waals surface area contributed by atoms with Gasteiger partial charge in [-0.1, -0.05) is 0 Å². The maximum absolute atomic E-state index is 11.6. The number of rotatable bonds is 2. The number of halogens is 1. The van der Waals surface area contributed by atoms with Crippen LogP contribution >= 0.6 is 10.7 Å². The Hall–Kier alpha value is 0.150. The van der Waals surface area contributed by atoms with E-state index in [1.165, 1.54) is 0 Å². The third-order valence-electron chi connectivity index (χ3n) is 4.40. The molecule has 0 aromatic carbocycles. The third kappa shape index (κ3) is 1.74. The van der Waals surface area contributed by atoms with E-state index in [1.807, 2.05) is 0 Å². The quantitative estimate of drug-likeness (QED) is 0.678. The molecule has 17 heavy (non-hydrogen) atoms. The Morgan fingerprint density at radius 2 is 2.12 bits per heavy atom. The summed E-state index contributed by atoms with van der Waals surface area (Å²) in [6, 6.07) is 0. The van der Waals surface area contributed by atoms with Crippen molar-refractivity contribution in [1.82, 2.24) is 0 Å². The smallest absolute Gasteiger partial charge is 0.233 e. The van der Waals surface area contributed by atoms with E-state index in [4.69, 9.17) is 15.4 Å². The van der Waals surface area contributed by atoms with Crippen molar-refractivity contribution in [2.45, 2.75) is 18.4 Å². The van der Waals surface area contributed by atoms with Crippen LogP contribution in [0.4, 0.5) is 0 Å². The fourth-order valence-corrected chi connectivity index (χ4v) is 7.33. The van der Waals surface area contributed by atoms with Gasteiger partial charge in [-0.15, -0.1) is 0 Å². The van der Waals surface area contributed by atoms with Crippen LogP contribution < -0.4 is 0 Å². The van der Waals surface area contributed by atoms with E-state index in [-0.39, 0.29) is 23.2 Å². The second-order valence-electron chi connectivity index (χ2n) is 5.39. The number of ether oxygens (including phenoxy) is 1. The van der Waals surface area contributed by atoms with Crippen LogP contribution in [0.3, 0.4) is 0 Å². The van der Waals surface area contributed by atoms with E-state index in [9.17, 15) is 16.8 Å². The lowest BCUT2D eigenvalue weighted by atomic mass is 9.85. The molecule has 1 spiro atoms. The highest BCUT2D eigenvalue weighted by molar-refractivity contribution is 8.13. The van der Waals surface area contributed by atoms with E-state index >= 15 is 0 Å². The molecule has 0 bridgehead atoms. The number of hydrogen-bond acceptors (Lipinski definition) is 5. The summed E-state index contributed by atoms with van der Waals surface area (Å²) in [5.74, 6) is 0.0263. The van der Waals surface area contributed by atoms with Crippen molar-refractivity contribution < 1.29 is 21.6 Å². The zero-order chi connectivity index (χ0) is 12.5. The predicted octanol–water partition coefficient (Wildman–Crippen LogP) is 0.149. The highest BCUT2D eigenvalue weighted by Gasteiger charge is 2.74. The van der Waals surface area contributed by atoms with Gasteiger partial charge in [-0.3, -0.25) is 0 Å². The molecule has 3 atom stereocenters. The molecule has 98 valence electrons. The normalized spacial score (nSPS) is 47.2. The van der Waals surface area contributed by atoms with Crippen molar-refractivity contribution in [1.29, 1.82) is 0 Å². The fourth-order valence-electron chi connectivity index (χ4n) is 3.50. The molecule has 2 aliphatic heterocycles. The van der Waals surface area contributed by atoms with Gasteiger partial charge < -0.3 is 4.74 Å². The van der Waals surface area contributed by atoms with Gasteiger partial charge in [0.1, 0.15) is 0 Å². The lowest BCUT2D eigenvalue weighted by Gasteiger charge is -2.32. The average Bonchev–Trinajstić information content (AvgIpc) is 2.63. The van der Waals surface area contributed by atoms with E-state index in [2.05, 4.69) is 0 Å². The molecule has 5 nitrogen and oxygen atoms in total. The number of hydrogen-bond donors (Lipinski definition) is 0. The van der Waals surface area contributed by atoms with Gasteiger partial charge in [0.05, 0.1) is 29.5 Å². The van der Waals surface area contributed by atoms with Gasteiger partial charge in [0.2, 0.25) is 9.05 Å². The van der Waals surface area contributed by atoms with Crippen molar-refractivity contribution in [2.24, 2.45) is 11.3 Å². The first-order valence-corrected chi connectivity index (χ1v) is 9.75. The van der Waals surface area contributed by atoms with Gasteiger partial charge in [0.25, 0.3) is 0 Å². The standard InChI is InChI=1S/C9H13ClO5S2/c10-17(13,14)5-8-3-7(8)4-15-9(8)1-2-16(11,12)6-9/h7H,1-6H2. The minimum absolute atomic E-state index is 0.0527. The Labute approximate surface area is 105 Å². The highest BCUT2D eigenvalue weighted by Crippen LogP contribution is 2.68. The summed E-state index contributed by atoms with van der Waals surface area (Å²) in [6.07, 6.45) is 1.12. The van der Waals surface area contributed by atoms with Crippen LogP contribution in [0.5, 0.6) is 0 Å². The van der Waals surface area contributed by atoms with Crippen LogP contribution in [-0.2, 0) is 23.6 Å². The van der Waals surface area contributed by atoms with Crippen LogP contribution in [0.25, 0.3) is 0 Å². The zero-order valence-electron chi connectivity index (χ0n) is 9.06. The van der Waals surface area contributed by atoms with Crippen LogP contribution in [-0.4, -0.2) is 46.3 Å². The minimum Gasteiger partial charge on any atom is -0.373 e. The first kappa shape index (κ1) is 12.2. The van der Waals surface area contributed by atoms with Gasteiger partial charge in [-0.2, -0.15) is 0 Å². The summed E-state index contributed by atoms with van der Waals surface area (Å²) < 4.78 is 51.4. The monoisotopic (exact) mass is 300 g/mol. The van der Waals surface area contributed by atoms with E-state index in [0.717, 1.165) is 0 Å². The highest BCUT2D eigenvalue weighted by atomic mass is 35.7. The predicted molar refractivity (Wildman–Crippen MR) is 62.1 cm³/mol. The van der Waals surface area contributed by atoms with Gasteiger partial charge in [-0.05, 0) is 18.8 Å². The SMILES string of the molecule is O=S(=O)(Cl)CC12CC1COC21CCS(=O)(=O)C1. The fraction of sp³-hybridized carbons (Fsp3) is 1.00. The van der Waals surface area contributed by atoms with Gasteiger partial charge in [-0.25, -0.2) is 16.8 Å². The lowest BCUT2D eigenvalue weighted by Crippen LogP contribution is -2.43. The largest absolute Gasteiger partial charge is 0.373 e. The minimum atomic E-state index is -3.63. The van der Waals surface area contributed by atoms with Crippen molar-refractivity contribution in [3.63, 3.8) is 0 Å². The number of sulfone groups is 1. The van der Waals surface area contributed by atoms with Gasteiger partial charge in [0, 0.05) is 16.1 Å². The van der Waals surface area contributed by atoms with Crippen molar-refractivity contribution in [3.8, 4) is 0 Å². The van der Waals surface area contributed by atoms with Crippen molar-refractivity contribution in [3.05, 3.63) is 0 Å². The summed E-state index contributed by atoms with van der Waals surface area (Å²) in [5.41, 5.74) is -1.34. The Morgan fingerprint density at radius 1 is 1.41 bits per heavy atom. The van der Waals surface area contributed by atoms with Crippen LogP contribution in [0, 0.1) is 11.3 Å². The molecule has 1 saturated carbocycles. The van der Waals surface area contributed by atoms with Crippen LogP contribution in [0.15, 0.2) is 0 Å². The first-order valence-electron chi connectivity index (χ1n) is 5.45. The third-order valence-corrected chi connectivity index (χ3v) is 7.32. The lowest BCUT2D eigenvalue weighted by molar-refractivity contribution is -0.0269. The molecule has 3 fully saturated rings. The molecule has 0 aromatic rings. The zero-order valence-corrected chi connectivity index (χ0v) is 11.4. The molecule has 0 radical (unpaired) electrons. The number of fused-ring (bicyclic) bond motifs is 2. The van der Waals surface area contributed by atoms with E-state index in [0.29, 0.717) is 19.4 Å². The Balaban J connectivity index is 1.97. The molecule has 0 N–H and O–H groups in total. The Kier molecular flexibility index (Phi) is 2.28. The molecule has 3 unspecified atom stereocenters. The second kappa shape index (κ2) is 3.18. The maximum atomic E-state index is 11.6. The first-order chi connectivity index (χ1) is 7.68. The summed E-state index contributed by atoms with van der Waals surface area (Å²) in [5, 5.41) is 0. The molecular weight excluding hydrogens is 288 g/mol.